The second-order valence-electron chi connectivity index (χ2n) is 8.00. The van der Waals surface area contributed by atoms with E-state index in [-0.39, 0.29) is 11.6 Å². The van der Waals surface area contributed by atoms with Gasteiger partial charge in [0.15, 0.2) is 0 Å². The van der Waals surface area contributed by atoms with Crippen molar-refractivity contribution in [3.05, 3.63) is 65.4 Å². The van der Waals surface area contributed by atoms with Crippen molar-refractivity contribution >= 4 is 18.0 Å². The molecule has 3 rings (SSSR count). The molecular weight excluding hydrogens is 406 g/mol. The highest BCUT2D eigenvalue weighted by Gasteiger charge is 2.18. The van der Waals surface area contributed by atoms with E-state index >= 15 is 0 Å². The third-order valence-electron chi connectivity index (χ3n) is 5.66. The average Bonchev–Trinajstić information content (AvgIpc) is 3.35. The molecule has 1 saturated carbocycles. The SMILES string of the molecule is COC(=O)/C(=C/c1ccc(OCc2cccc(OC)c2)cc1)NC(=O)CCC1CCCC1. The zero-order chi connectivity index (χ0) is 22.8. The number of rotatable bonds is 10. The molecule has 32 heavy (non-hydrogen) atoms. The molecule has 0 aliphatic heterocycles. The minimum absolute atomic E-state index is 0.133. The van der Waals surface area contributed by atoms with Crippen LogP contribution in [0.5, 0.6) is 11.5 Å². The topological polar surface area (TPSA) is 73.9 Å². The Labute approximate surface area is 189 Å². The maximum Gasteiger partial charge on any atom is 0.354 e. The van der Waals surface area contributed by atoms with Gasteiger partial charge in [-0.25, -0.2) is 4.79 Å². The van der Waals surface area contributed by atoms with Crippen molar-refractivity contribution in [3.8, 4) is 11.5 Å². The number of methoxy groups -OCH3 is 2. The number of carbonyl (C=O) groups is 2. The van der Waals surface area contributed by atoms with Crippen LogP contribution in [0.4, 0.5) is 0 Å². The molecule has 2 aromatic carbocycles. The minimum Gasteiger partial charge on any atom is -0.497 e. The quantitative estimate of drug-likeness (QED) is 0.424. The van der Waals surface area contributed by atoms with Crippen molar-refractivity contribution in [3.63, 3.8) is 0 Å². The van der Waals surface area contributed by atoms with E-state index in [0.717, 1.165) is 23.3 Å². The van der Waals surface area contributed by atoms with Gasteiger partial charge >= 0.3 is 5.97 Å². The molecule has 0 radical (unpaired) electrons. The summed E-state index contributed by atoms with van der Waals surface area (Å²) in [5.74, 6) is 1.37. The number of esters is 1. The first kappa shape index (κ1) is 23.4. The maximum atomic E-state index is 12.4. The first-order valence-corrected chi connectivity index (χ1v) is 11.0. The van der Waals surface area contributed by atoms with E-state index in [2.05, 4.69) is 5.32 Å². The van der Waals surface area contributed by atoms with E-state index in [1.54, 1.807) is 13.2 Å². The highest BCUT2D eigenvalue weighted by molar-refractivity contribution is 5.97. The molecule has 1 aliphatic carbocycles. The predicted molar refractivity (Wildman–Crippen MR) is 123 cm³/mol. The van der Waals surface area contributed by atoms with Crippen LogP contribution >= 0.6 is 0 Å². The molecule has 1 N–H and O–H groups in total. The Bertz CT molecular complexity index is 929. The van der Waals surface area contributed by atoms with Gasteiger partial charge in [-0.15, -0.1) is 0 Å². The van der Waals surface area contributed by atoms with Crippen LogP contribution in [0.15, 0.2) is 54.2 Å². The molecule has 1 aliphatic rings. The Morgan fingerprint density at radius 2 is 1.78 bits per heavy atom. The smallest absolute Gasteiger partial charge is 0.354 e. The number of carbonyl (C=O) groups excluding carboxylic acids is 2. The Balaban J connectivity index is 1.58. The summed E-state index contributed by atoms with van der Waals surface area (Å²) in [5.41, 5.74) is 1.89. The van der Waals surface area contributed by atoms with Gasteiger partial charge in [0.1, 0.15) is 23.8 Å². The van der Waals surface area contributed by atoms with E-state index in [9.17, 15) is 9.59 Å². The van der Waals surface area contributed by atoms with Crippen LogP contribution in [-0.4, -0.2) is 26.1 Å². The van der Waals surface area contributed by atoms with Crippen LogP contribution in [-0.2, 0) is 20.9 Å². The van der Waals surface area contributed by atoms with Crippen molar-refractivity contribution in [1.29, 1.82) is 0 Å². The summed E-state index contributed by atoms with van der Waals surface area (Å²) < 4.78 is 15.9. The van der Waals surface area contributed by atoms with Gasteiger partial charge in [0.25, 0.3) is 0 Å². The third-order valence-corrected chi connectivity index (χ3v) is 5.66. The van der Waals surface area contributed by atoms with Gasteiger partial charge in [0.2, 0.25) is 5.91 Å². The molecule has 1 fully saturated rings. The van der Waals surface area contributed by atoms with Gasteiger partial charge in [0, 0.05) is 6.42 Å². The monoisotopic (exact) mass is 437 g/mol. The lowest BCUT2D eigenvalue weighted by molar-refractivity contribution is -0.137. The fraction of sp³-hybridized carbons (Fsp3) is 0.385. The second-order valence-corrected chi connectivity index (χ2v) is 8.00. The fourth-order valence-electron chi connectivity index (χ4n) is 3.86. The lowest BCUT2D eigenvalue weighted by Gasteiger charge is -2.11. The van der Waals surface area contributed by atoms with Gasteiger partial charge in [-0.3, -0.25) is 4.79 Å². The molecule has 6 nitrogen and oxygen atoms in total. The van der Waals surface area contributed by atoms with E-state index in [0.29, 0.717) is 24.7 Å². The molecule has 0 saturated heterocycles. The van der Waals surface area contributed by atoms with E-state index in [4.69, 9.17) is 14.2 Å². The summed E-state index contributed by atoms with van der Waals surface area (Å²) in [4.78, 5) is 24.5. The van der Waals surface area contributed by atoms with Gasteiger partial charge in [-0.2, -0.15) is 0 Å². The number of benzene rings is 2. The van der Waals surface area contributed by atoms with Crippen LogP contribution in [0.2, 0.25) is 0 Å². The van der Waals surface area contributed by atoms with Crippen LogP contribution in [0.3, 0.4) is 0 Å². The zero-order valence-corrected chi connectivity index (χ0v) is 18.8. The molecule has 0 aromatic heterocycles. The lowest BCUT2D eigenvalue weighted by atomic mass is 10.0. The molecule has 1 amide bonds. The largest absolute Gasteiger partial charge is 0.497 e. The van der Waals surface area contributed by atoms with E-state index in [1.165, 1.54) is 32.8 Å². The standard InChI is InChI=1S/C26H31NO5/c1-30-23-9-5-8-21(16-23)18-32-22-13-10-20(11-14-22)17-24(26(29)31-2)27-25(28)15-12-19-6-3-4-7-19/h5,8-11,13-14,16-17,19H,3-4,6-7,12,15,18H2,1-2H3,(H,27,28)/b24-17-. The number of hydrogen-bond acceptors (Lipinski definition) is 5. The Kier molecular flexibility index (Phi) is 8.72. The van der Waals surface area contributed by atoms with E-state index in [1.807, 2.05) is 48.5 Å². The highest BCUT2D eigenvalue weighted by Crippen LogP contribution is 2.28. The van der Waals surface area contributed by atoms with Gasteiger partial charge < -0.3 is 19.5 Å². The van der Waals surface area contributed by atoms with Crippen molar-refractivity contribution in [2.24, 2.45) is 5.92 Å². The first-order valence-electron chi connectivity index (χ1n) is 11.0. The molecular formula is C26H31NO5. The van der Waals surface area contributed by atoms with E-state index < -0.39 is 5.97 Å². The van der Waals surface area contributed by atoms with Gasteiger partial charge in [0.05, 0.1) is 14.2 Å². The van der Waals surface area contributed by atoms with Crippen LogP contribution < -0.4 is 14.8 Å². The number of hydrogen-bond donors (Lipinski definition) is 1. The molecule has 170 valence electrons. The summed E-state index contributed by atoms with van der Waals surface area (Å²) in [6.07, 6.45) is 7.77. The second kappa shape index (κ2) is 11.9. The molecule has 0 spiro atoms. The molecule has 0 heterocycles. The summed E-state index contributed by atoms with van der Waals surface area (Å²) >= 11 is 0. The molecule has 2 aromatic rings. The summed E-state index contributed by atoms with van der Waals surface area (Å²) in [6.45, 7) is 0.414. The molecule has 6 heteroatoms. The van der Waals surface area contributed by atoms with Gasteiger partial charge in [-0.1, -0.05) is 49.9 Å². The van der Waals surface area contributed by atoms with Crippen LogP contribution in [0.25, 0.3) is 6.08 Å². The van der Waals surface area contributed by atoms with Gasteiger partial charge in [-0.05, 0) is 53.8 Å². The summed E-state index contributed by atoms with van der Waals surface area (Å²) in [6, 6.07) is 15.0. The molecule has 0 atom stereocenters. The van der Waals surface area contributed by atoms with Crippen molar-refractivity contribution in [1.82, 2.24) is 5.32 Å². The first-order chi connectivity index (χ1) is 15.6. The normalized spacial score (nSPS) is 14.1. The van der Waals surface area contributed by atoms with Crippen molar-refractivity contribution in [2.75, 3.05) is 14.2 Å². The average molecular weight is 438 g/mol. The molecule has 0 unspecified atom stereocenters. The maximum absolute atomic E-state index is 12.4. The number of amides is 1. The fourth-order valence-corrected chi connectivity index (χ4v) is 3.86. The molecule has 0 bridgehead atoms. The Morgan fingerprint density at radius 3 is 2.47 bits per heavy atom. The van der Waals surface area contributed by atoms with Crippen LogP contribution in [0, 0.1) is 5.92 Å². The predicted octanol–water partition coefficient (Wildman–Crippen LogP) is 4.87. The third kappa shape index (κ3) is 7.15. The summed E-state index contributed by atoms with van der Waals surface area (Å²) in [7, 11) is 2.93. The Hall–Kier alpha value is -3.28. The van der Waals surface area contributed by atoms with Crippen molar-refractivity contribution < 1.29 is 23.8 Å². The Morgan fingerprint density at radius 1 is 1.03 bits per heavy atom. The zero-order valence-electron chi connectivity index (χ0n) is 18.8. The lowest BCUT2D eigenvalue weighted by Crippen LogP contribution is -2.28. The number of nitrogens with one attached hydrogen (secondary N) is 1. The number of ether oxygens (including phenoxy) is 3. The van der Waals surface area contributed by atoms with Crippen LogP contribution in [0.1, 0.15) is 49.7 Å². The minimum atomic E-state index is -0.572. The highest BCUT2D eigenvalue weighted by atomic mass is 16.5. The van der Waals surface area contributed by atoms with Crippen molar-refractivity contribution in [2.45, 2.75) is 45.1 Å². The summed E-state index contributed by atoms with van der Waals surface area (Å²) in [5, 5.41) is 2.72.